The highest BCUT2D eigenvalue weighted by Crippen LogP contribution is 2.11. The topological polar surface area (TPSA) is 41.0 Å². The van der Waals surface area contributed by atoms with E-state index >= 15 is 0 Å². The highest BCUT2D eigenvalue weighted by atomic mass is 15.3. The average molecular weight is 206 g/mol. The number of aryl methyl sites for hydroxylation is 1. The molecule has 1 unspecified atom stereocenters. The van der Waals surface area contributed by atoms with Crippen LogP contribution >= 0.6 is 0 Å². The van der Waals surface area contributed by atoms with Crippen molar-refractivity contribution in [3.05, 3.63) is 17.8 Å². The molecule has 1 aromatic rings. The molecule has 2 rings (SSSR count). The third-order valence-corrected chi connectivity index (χ3v) is 2.76. The third-order valence-electron chi connectivity index (χ3n) is 2.76. The van der Waals surface area contributed by atoms with E-state index in [0.29, 0.717) is 6.04 Å². The molecule has 1 atom stereocenters. The lowest BCUT2D eigenvalue weighted by atomic mass is 10.2. The first-order chi connectivity index (χ1) is 7.29. The largest absolute Gasteiger partial charge is 0.352 e. The van der Waals surface area contributed by atoms with Gasteiger partial charge in [0.25, 0.3) is 0 Å². The normalized spacial score (nSPS) is 21.7. The molecule has 4 heteroatoms. The Balaban J connectivity index is 2.07. The molecule has 1 N–H and O–H groups in total. The first-order valence-electron chi connectivity index (χ1n) is 5.60. The molecule has 2 heterocycles. The van der Waals surface area contributed by atoms with E-state index < -0.39 is 0 Å². The van der Waals surface area contributed by atoms with Gasteiger partial charge in [-0.15, -0.1) is 5.10 Å². The predicted octanol–water partition coefficient (Wildman–Crippen LogP) is 0.837. The van der Waals surface area contributed by atoms with Crippen molar-refractivity contribution >= 4 is 5.82 Å². The van der Waals surface area contributed by atoms with E-state index in [-0.39, 0.29) is 0 Å². The first kappa shape index (κ1) is 10.4. The Bertz CT molecular complexity index is 309. The van der Waals surface area contributed by atoms with Gasteiger partial charge in [0.05, 0.1) is 5.69 Å². The fourth-order valence-corrected chi connectivity index (χ4v) is 1.85. The first-order valence-corrected chi connectivity index (χ1v) is 5.60. The van der Waals surface area contributed by atoms with Crippen LogP contribution in [-0.4, -0.2) is 35.9 Å². The summed E-state index contributed by atoms with van der Waals surface area (Å²) in [5, 5.41) is 11.9. The average Bonchev–Trinajstić information content (AvgIpc) is 2.29. The van der Waals surface area contributed by atoms with Crippen LogP contribution in [0.1, 0.15) is 19.5 Å². The molecular weight excluding hydrogens is 188 g/mol. The molecule has 0 spiro atoms. The van der Waals surface area contributed by atoms with Crippen LogP contribution in [0.3, 0.4) is 0 Å². The number of nitrogens with zero attached hydrogens (tertiary/aromatic N) is 3. The van der Waals surface area contributed by atoms with Crippen molar-refractivity contribution in [1.82, 2.24) is 15.5 Å². The molecule has 0 radical (unpaired) electrons. The Kier molecular flexibility index (Phi) is 3.16. The van der Waals surface area contributed by atoms with Gasteiger partial charge < -0.3 is 10.2 Å². The zero-order valence-electron chi connectivity index (χ0n) is 9.40. The summed E-state index contributed by atoms with van der Waals surface area (Å²) >= 11 is 0. The van der Waals surface area contributed by atoms with Crippen molar-refractivity contribution in [3.8, 4) is 0 Å². The fourth-order valence-electron chi connectivity index (χ4n) is 1.85. The van der Waals surface area contributed by atoms with Gasteiger partial charge in [0.15, 0.2) is 5.82 Å². The summed E-state index contributed by atoms with van der Waals surface area (Å²) in [6, 6.07) is 4.67. The van der Waals surface area contributed by atoms with Gasteiger partial charge in [-0.3, -0.25) is 0 Å². The molecule has 1 aliphatic rings. The van der Waals surface area contributed by atoms with Crippen LogP contribution in [0.4, 0.5) is 5.82 Å². The van der Waals surface area contributed by atoms with Gasteiger partial charge in [-0.25, -0.2) is 0 Å². The summed E-state index contributed by atoms with van der Waals surface area (Å²) in [6.07, 6.45) is 0.950. The molecule has 1 aliphatic heterocycles. The standard InChI is InChI=1S/C11H18N4/c1-3-10-4-5-11(14-13-10)15-7-6-12-9(2)8-15/h4-5,9,12H,3,6-8H2,1-2H3. The smallest absolute Gasteiger partial charge is 0.151 e. The van der Waals surface area contributed by atoms with Crippen molar-refractivity contribution in [2.24, 2.45) is 0 Å². The zero-order valence-corrected chi connectivity index (χ0v) is 9.40. The molecule has 15 heavy (non-hydrogen) atoms. The minimum absolute atomic E-state index is 0.534. The number of anilines is 1. The molecule has 0 aromatic carbocycles. The summed E-state index contributed by atoms with van der Waals surface area (Å²) < 4.78 is 0. The van der Waals surface area contributed by atoms with E-state index in [9.17, 15) is 0 Å². The molecule has 4 nitrogen and oxygen atoms in total. The zero-order chi connectivity index (χ0) is 10.7. The lowest BCUT2D eigenvalue weighted by molar-refractivity contribution is 0.481. The minimum Gasteiger partial charge on any atom is -0.352 e. The van der Waals surface area contributed by atoms with E-state index in [4.69, 9.17) is 0 Å². The van der Waals surface area contributed by atoms with Crippen molar-refractivity contribution in [3.63, 3.8) is 0 Å². The van der Waals surface area contributed by atoms with Crippen LogP contribution in [-0.2, 0) is 6.42 Å². The number of rotatable bonds is 2. The Morgan fingerprint density at radius 1 is 1.47 bits per heavy atom. The lowest BCUT2D eigenvalue weighted by Gasteiger charge is -2.32. The lowest BCUT2D eigenvalue weighted by Crippen LogP contribution is -2.49. The van der Waals surface area contributed by atoms with E-state index in [1.54, 1.807) is 0 Å². The van der Waals surface area contributed by atoms with Crippen LogP contribution in [0.5, 0.6) is 0 Å². The SMILES string of the molecule is CCc1ccc(N2CCNC(C)C2)nn1. The number of hydrogen-bond donors (Lipinski definition) is 1. The maximum Gasteiger partial charge on any atom is 0.151 e. The van der Waals surface area contributed by atoms with E-state index in [1.165, 1.54) is 0 Å². The molecule has 1 fully saturated rings. The van der Waals surface area contributed by atoms with Gasteiger partial charge in [-0.1, -0.05) is 6.92 Å². The van der Waals surface area contributed by atoms with Gasteiger partial charge in [-0.05, 0) is 25.5 Å². The third kappa shape index (κ3) is 2.45. The van der Waals surface area contributed by atoms with Gasteiger partial charge in [0, 0.05) is 25.7 Å². The second-order valence-electron chi connectivity index (χ2n) is 4.04. The molecule has 82 valence electrons. The van der Waals surface area contributed by atoms with Crippen LogP contribution in [0.25, 0.3) is 0 Å². The summed E-state index contributed by atoms with van der Waals surface area (Å²) in [5.74, 6) is 1.00. The van der Waals surface area contributed by atoms with Crippen LogP contribution in [0.15, 0.2) is 12.1 Å². The van der Waals surface area contributed by atoms with E-state index in [0.717, 1.165) is 37.6 Å². The summed E-state index contributed by atoms with van der Waals surface area (Å²) in [4.78, 5) is 2.29. The van der Waals surface area contributed by atoms with Crippen molar-refractivity contribution < 1.29 is 0 Å². The highest BCUT2D eigenvalue weighted by Gasteiger charge is 2.16. The number of nitrogens with one attached hydrogen (secondary N) is 1. The highest BCUT2D eigenvalue weighted by molar-refractivity contribution is 5.38. The van der Waals surface area contributed by atoms with Crippen LogP contribution in [0, 0.1) is 0 Å². The minimum atomic E-state index is 0.534. The number of aromatic nitrogens is 2. The van der Waals surface area contributed by atoms with Gasteiger partial charge in [-0.2, -0.15) is 5.10 Å². The van der Waals surface area contributed by atoms with Gasteiger partial charge >= 0.3 is 0 Å². The number of piperazine rings is 1. The Hall–Kier alpha value is -1.16. The molecule has 0 bridgehead atoms. The number of hydrogen-bond acceptors (Lipinski definition) is 4. The van der Waals surface area contributed by atoms with E-state index in [2.05, 4.69) is 46.4 Å². The Morgan fingerprint density at radius 3 is 2.93 bits per heavy atom. The van der Waals surface area contributed by atoms with Crippen LogP contribution in [0.2, 0.25) is 0 Å². The summed E-state index contributed by atoms with van der Waals surface area (Å²) in [7, 11) is 0. The molecule has 0 aliphatic carbocycles. The summed E-state index contributed by atoms with van der Waals surface area (Å²) in [5.41, 5.74) is 1.06. The molecular formula is C11H18N4. The van der Waals surface area contributed by atoms with Gasteiger partial charge in [0.2, 0.25) is 0 Å². The van der Waals surface area contributed by atoms with Crippen LogP contribution < -0.4 is 10.2 Å². The maximum atomic E-state index is 4.26. The maximum absolute atomic E-state index is 4.26. The van der Waals surface area contributed by atoms with Crippen molar-refractivity contribution in [1.29, 1.82) is 0 Å². The van der Waals surface area contributed by atoms with E-state index in [1.807, 2.05) is 0 Å². The monoisotopic (exact) mass is 206 g/mol. The molecule has 1 saturated heterocycles. The Labute approximate surface area is 90.7 Å². The fraction of sp³-hybridized carbons (Fsp3) is 0.636. The van der Waals surface area contributed by atoms with Gasteiger partial charge in [0.1, 0.15) is 0 Å². The molecule has 0 amide bonds. The second-order valence-corrected chi connectivity index (χ2v) is 4.04. The predicted molar refractivity (Wildman–Crippen MR) is 61.1 cm³/mol. The van der Waals surface area contributed by atoms with Crippen molar-refractivity contribution in [2.75, 3.05) is 24.5 Å². The Morgan fingerprint density at radius 2 is 2.33 bits per heavy atom. The quantitative estimate of drug-likeness (QED) is 0.778. The molecule has 1 aromatic heterocycles. The summed E-state index contributed by atoms with van der Waals surface area (Å²) in [6.45, 7) is 7.35. The second kappa shape index (κ2) is 4.57. The van der Waals surface area contributed by atoms with Crippen molar-refractivity contribution in [2.45, 2.75) is 26.3 Å². The molecule has 0 saturated carbocycles.